The summed E-state index contributed by atoms with van der Waals surface area (Å²) < 4.78 is 0. The number of rotatable bonds is 4. The monoisotopic (exact) mass is 389 g/mol. The molecule has 146 valence electrons. The maximum Gasteiger partial charge on any atom is 0.261 e. The predicted molar refractivity (Wildman–Crippen MR) is 109 cm³/mol. The van der Waals surface area contributed by atoms with Crippen LogP contribution in [0.5, 0.6) is 0 Å². The summed E-state index contributed by atoms with van der Waals surface area (Å²) >= 11 is 0. The molecular formula is C21H19N5O3. The molecule has 1 fully saturated rings. The fraction of sp³-hybridized carbons (Fsp3) is 0.190. The van der Waals surface area contributed by atoms with Crippen molar-refractivity contribution < 1.29 is 14.4 Å². The van der Waals surface area contributed by atoms with E-state index in [9.17, 15) is 9.59 Å². The summed E-state index contributed by atoms with van der Waals surface area (Å²) in [6.07, 6.45) is 0. The molecule has 0 bridgehead atoms. The van der Waals surface area contributed by atoms with Crippen LogP contribution in [0.2, 0.25) is 0 Å². The number of oxime groups is 1. The van der Waals surface area contributed by atoms with E-state index in [-0.39, 0.29) is 24.5 Å². The van der Waals surface area contributed by atoms with E-state index in [4.69, 9.17) is 4.84 Å². The number of hydrogen-bond donors (Lipinski definition) is 4. The number of carbonyl (C=O) groups excluding carboxylic acids is 2. The van der Waals surface area contributed by atoms with E-state index in [2.05, 4.69) is 26.4 Å². The van der Waals surface area contributed by atoms with Gasteiger partial charge < -0.3 is 26.1 Å². The maximum absolute atomic E-state index is 12.7. The lowest BCUT2D eigenvalue weighted by molar-refractivity contribution is -0.126. The van der Waals surface area contributed by atoms with E-state index in [1.54, 1.807) is 0 Å². The first-order chi connectivity index (χ1) is 14.2. The minimum atomic E-state index is -0.224. The zero-order valence-electron chi connectivity index (χ0n) is 15.5. The van der Waals surface area contributed by atoms with Crippen LogP contribution in [0.1, 0.15) is 11.1 Å². The minimum Gasteiger partial charge on any atom is -0.385 e. The molecule has 8 nitrogen and oxygen atoms in total. The Labute approximate surface area is 167 Å². The third-order valence-electron chi connectivity index (χ3n) is 5.10. The summed E-state index contributed by atoms with van der Waals surface area (Å²) in [6, 6.07) is 15.2. The van der Waals surface area contributed by atoms with Gasteiger partial charge in [-0.05, 0) is 12.1 Å². The number of benzene rings is 2. The zero-order valence-corrected chi connectivity index (χ0v) is 15.5. The molecule has 3 aliphatic rings. The van der Waals surface area contributed by atoms with Gasteiger partial charge in [0, 0.05) is 35.6 Å². The quantitative estimate of drug-likeness (QED) is 0.466. The summed E-state index contributed by atoms with van der Waals surface area (Å²) in [6.45, 7) is 1.35. The van der Waals surface area contributed by atoms with E-state index in [0.29, 0.717) is 17.0 Å². The van der Waals surface area contributed by atoms with Crippen LogP contribution in [-0.2, 0) is 14.4 Å². The number of nitrogens with zero attached hydrogens (tertiary/aromatic N) is 1. The molecule has 2 aromatic rings. The number of nitrogens with one attached hydrogen (secondary N) is 4. The zero-order chi connectivity index (χ0) is 19.8. The van der Waals surface area contributed by atoms with Gasteiger partial charge in [0.2, 0.25) is 0 Å². The number of amides is 2. The minimum absolute atomic E-state index is 0.143. The van der Waals surface area contributed by atoms with Crippen LogP contribution in [0.3, 0.4) is 0 Å². The first-order valence-electron chi connectivity index (χ1n) is 9.42. The highest BCUT2D eigenvalue weighted by Gasteiger charge is 2.34. The van der Waals surface area contributed by atoms with E-state index in [1.165, 1.54) is 0 Å². The summed E-state index contributed by atoms with van der Waals surface area (Å²) in [5.74, 6) is -0.428. The van der Waals surface area contributed by atoms with Crippen LogP contribution in [0.25, 0.3) is 5.57 Å². The number of anilines is 2. The first-order valence-corrected chi connectivity index (χ1v) is 9.42. The van der Waals surface area contributed by atoms with Gasteiger partial charge in [-0.25, -0.2) is 0 Å². The molecule has 29 heavy (non-hydrogen) atoms. The van der Waals surface area contributed by atoms with Gasteiger partial charge in [0.15, 0.2) is 6.61 Å². The third kappa shape index (κ3) is 3.13. The van der Waals surface area contributed by atoms with Crippen molar-refractivity contribution in [1.29, 1.82) is 0 Å². The van der Waals surface area contributed by atoms with E-state index < -0.39 is 0 Å². The van der Waals surface area contributed by atoms with Crippen molar-refractivity contribution in [3.63, 3.8) is 0 Å². The van der Waals surface area contributed by atoms with Gasteiger partial charge in [-0.15, -0.1) is 0 Å². The molecule has 8 heteroatoms. The van der Waals surface area contributed by atoms with Gasteiger partial charge in [0.25, 0.3) is 11.8 Å². The van der Waals surface area contributed by atoms with Gasteiger partial charge >= 0.3 is 0 Å². The smallest absolute Gasteiger partial charge is 0.261 e. The van der Waals surface area contributed by atoms with Crippen molar-refractivity contribution >= 4 is 34.5 Å². The molecule has 0 atom stereocenters. The molecule has 0 unspecified atom stereocenters. The van der Waals surface area contributed by atoms with Gasteiger partial charge in [-0.2, -0.15) is 0 Å². The van der Waals surface area contributed by atoms with Crippen molar-refractivity contribution in [3.8, 4) is 0 Å². The number of hydrogen-bond acceptors (Lipinski definition) is 6. The van der Waals surface area contributed by atoms with Crippen LogP contribution in [-0.4, -0.2) is 43.3 Å². The van der Waals surface area contributed by atoms with Crippen molar-refractivity contribution in [3.05, 3.63) is 65.4 Å². The van der Waals surface area contributed by atoms with Gasteiger partial charge in [-0.1, -0.05) is 41.6 Å². The highest BCUT2D eigenvalue weighted by molar-refractivity contribution is 6.39. The van der Waals surface area contributed by atoms with Crippen LogP contribution >= 0.6 is 0 Å². The molecule has 3 heterocycles. The van der Waals surface area contributed by atoms with Crippen molar-refractivity contribution in [1.82, 2.24) is 10.6 Å². The standard InChI is InChI=1S/C21H19N5O3/c27-17(23-12-9-22-10-12)11-29-26-19-14-6-2-4-8-16(14)24-20(19)18-13-5-1-3-7-15(13)25-21(18)28/h1-8,12,22,24H,9-11H2,(H,23,27)(H,25,28)/b20-18+,26-19+. The molecule has 5 rings (SSSR count). The Morgan fingerprint density at radius 3 is 2.45 bits per heavy atom. The fourth-order valence-corrected chi connectivity index (χ4v) is 3.58. The SMILES string of the molecule is O=C(CO/N=C1/C(=C2\C(=O)Nc3ccccc32)Nc2ccccc21)NC1CNC1. The highest BCUT2D eigenvalue weighted by atomic mass is 16.6. The van der Waals surface area contributed by atoms with Crippen LogP contribution < -0.4 is 21.3 Å². The Kier molecular flexibility index (Phi) is 4.25. The van der Waals surface area contributed by atoms with E-state index >= 15 is 0 Å². The predicted octanol–water partition coefficient (Wildman–Crippen LogP) is 1.28. The molecule has 2 amide bonds. The summed E-state index contributed by atoms with van der Waals surface area (Å²) in [5, 5.41) is 16.3. The molecule has 0 radical (unpaired) electrons. The van der Waals surface area contributed by atoms with Crippen LogP contribution in [0.4, 0.5) is 11.4 Å². The molecule has 0 aliphatic carbocycles. The largest absolute Gasteiger partial charge is 0.385 e. The molecule has 3 aliphatic heterocycles. The average molecular weight is 389 g/mol. The Morgan fingerprint density at radius 2 is 1.72 bits per heavy atom. The van der Waals surface area contributed by atoms with Crippen molar-refractivity contribution in [2.75, 3.05) is 30.3 Å². The second kappa shape index (κ2) is 7.06. The van der Waals surface area contributed by atoms with Crippen molar-refractivity contribution in [2.45, 2.75) is 6.04 Å². The fourth-order valence-electron chi connectivity index (χ4n) is 3.58. The van der Waals surface area contributed by atoms with E-state index in [0.717, 1.165) is 35.6 Å². The summed E-state index contributed by atoms with van der Waals surface area (Å²) in [7, 11) is 0. The number of para-hydroxylation sites is 2. The Balaban J connectivity index is 1.47. The molecule has 1 saturated heterocycles. The molecule has 2 aromatic carbocycles. The summed E-state index contributed by atoms with van der Waals surface area (Å²) in [5.41, 5.74) is 4.78. The highest BCUT2D eigenvalue weighted by Crippen LogP contribution is 2.38. The number of carbonyl (C=O) groups is 2. The van der Waals surface area contributed by atoms with Gasteiger partial charge in [-0.3, -0.25) is 9.59 Å². The summed E-state index contributed by atoms with van der Waals surface area (Å²) in [4.78, 5) is 30.0. The Morgan fingerprint density at radius 1 is 1.03 bits per heavy atom. The van der Waals surface area contributed by atoms with Crippen LogP contribution in [0.15, 0.2) is 59.4 Å². The van der Waals surface area contributed by atoms with Crippen LogP contribution in [0, 0.1) is 0 Å². The van der Waals surface area contributed by atoms with E-state index in [1.807, 2.05) is 48.5 Å². The second-order valence-corrected chi connectivity index (χ2v) is 7.06. The third-order valence-corrected chi connectivity index (χ3v) is 5.10. The lowest BCUT2D eigenvalue weighted by Gasteiger charge is -2.27. The van der Waals surface area contributed by atoms with Gasteiger partial charge in [0.1, 0.15) is 5.71 Å². The topological polar surface area (TPSA) is 104 Å². The Hall–Kier alpha value is -3.65. The molecule has 0 aromatic heterocycles. The average Bonchev–Trinajstić information content (AvgIpc) is 3.21. The number of fused-ring (bicyclic) bond motifs is 2. The lowest BCUT2D eigenvalue weighted by atomic mass is 10.0. The normalized spacial score (nSPS) is 21.1. The number of allylic oxidation sites excluding steroid dienone is 1. The Bertz CT molecular complexity index is 1070. The molecule has 4 N–H and O–H groups in total. The first kappa shape index (κ1) is 17.4. The van der Waals surface area contributed by atoms with Crippen molar-refractivity contribution in [2.24, 2.45) is 5.16 Å². The van der Waals surface area contributed by atoms with Gasteiger partial charge in [0.05, 0.1) is 17.3 Å². The maximum atomic E-state index is 12.7. The molecule has 0 saturated carbocycles. The molecular weight excluding hydrogens is 370 g/mol. The lowest BCUT2D eigenvalue weighted by Crippen LogP contribution is -2.57. The molecule has 0 spiro atoms. The second-order valence-electron chi connectivity index (χ2n) is 7.06.